The molecule has 0 unspecified atom stereocenters. The summed E-state index contributed by atoms with van der Waals surface area (Å²) in [5.41, 5.74) is 10.7. The summed E-state index contributed by atoms with van der Waals surface area (Å²) in [5.74, 6) is 0. The maximum Gasteiger partial charge on any atom is 0.0867 e. The van der Waals surface area contributed by atoms with Gasteiger partial charge in [0.15, 0.2) is 0 Å². The van der Waals surface area contributed by atoms with E-state index in [1.54, 1.807) is 0 Å². The molecule has 0 bridgehead atoms. The van der Waals surface area contributed by atoms with Crippen molar-refractivity contribution in [2.75, 3.05) is 0 Å². The molecule has 1 aliphatic rings. The fourth-order valence-corrected chi connectivity index (χ4v) is 1.09. The molecule has 0 aromatic carbocycles. The fourth-order valence-electron chi connectivity index (χ4n) is 1.09. The highest BCUT2D eigenvalue weighted by atomic mass is 16.3. The second-order valence-electron chi connectivity index (χ2n) is 2.53. The number of aliphatic hydroxyl groups is 2. The molecular formula is C5H12N2O2. The normalized spacial score (nSPS) is 52.0. The first-order valence-corrected chi connectivity index (χ1v) is 3.00. The van der Waals surface area contributed by atoms with Gasteiger partial charge in [-0.1, -0.05) is 0 Å². The Bertz CT molecular complexity index is 97.1. The van der Waals surface area contributed by atoms with Crippen molar-refractivity contribution in [2.45, 2.75) is 30.7 Å². The maximum atomic E-state index is 9.03. The highest BCUT2D eigenvalue weighted by Gasteiger charge is 2.36. The highest BCUT2D eigenvalue weighted by molar-refractivity contribution is 4.96. The van der Waals surface area contributed by atoms with Crippen LogP contribution >= 0.6 is 0 Å². The van der Waals surface area contributed by atoms with Gasteiger partial charge in [0.25, 0.3) is 0 Å². The van der Waals surface area contributed by atoms with Crippen molar-refractivity contribution in [1.29, 1.82) is 0 Å². The first-order valence-electron chi connectivity index (χ1n) is 3.00. The van der Waals surface area contributed by atoms with Crippen LogP contribution in [0.3, 0.4) is 0 Å². The van der Waals surface area contributed by atoms with E-state index in [2.05, 4.69) is 0 Å². The van der Waals surface area contributed by atoms with Crippen molar-refractivity contribution in [3.8, 4) is 0 Å². The largest absolute Gasteiger partial charge is 0.391 e. The molecule has 4 atom stereocenters. The lowest BCUT2D eigenvalue weighted by Gasteiger charge is -2.12. The third kappa shape index (κ3) is 1.07. The Kier molecular flexibility index (Phi) is 1.72. The van der Waals surface area contributed by atoms with Crippen LogP contribution in [0.15, 0.2) is 0 Å². The van der Waals surface area contributed by atoms with Crippen LogP contribution in [0.4, 0.5) is 0 Å². The first-order chi connectivity index (χ1) is 4.13. The molecule has 0 aromatic rings. The Hall–Kier alpha value is -0.160. The molecule has 1 fully saturated rings. The van der Waals surface area contributed by atoms with E-state index in [9.17, 15) is 0 Å². The summed E-state index contributed by atoms with van der Waals surface area (Å²) in [5, 5.41) is 18.0. The number of hydrogen-bond acceptors (Lipinski definition) is 4. The zero-order valence-corrected chi connectivity index (χ0v) is 5.07. The molecule has 0 heterocycles. The van der Waals surface area contributed by atoms with Crippen molar-refractivity contribution in [2.24, 2.45) is 11.5 Å². The van der Waals surface area contributed by atoms with E-state index in [1.165, 1.54) is 0 Å². The van der Waals surface area contributed by atoms with Crippen LogP contribution < -0.4 is 11.5 Å². The number of hydrogen-bond donors (Lipinski definition) is 4. The van der Waals surface area contributed by atoms with Crippen molar-refractivity contribution in [1.82, 2.24) is 0 Å². The molecule has 0 aromatic heterocycles. The maximum absolute atomic E-state index is 9.03. The van der Waals surface area contributed by atoms with Crippen LogP contribution in [0.5, 0.6) is 0 Å². The molecular weight excluding hydrogens is 120 g/mol. The minimum atomic E-state index is -0.736. The fraction of sp³-hybridized carbons (Fsp3) is 1.00. The van der Waals surface area contributed by atoms with E-state index in [0.29, 0.717) is 6.42 Å². The summed E-state index contributed by atoms with van der Waals surface area (Å²) in [6.07, 6.45) is -0.961. The van der Waals surface area contributed by atoms with Crippen LogP contribution in [0, 0.1) is 0 Å². The van der Waals surface area contributed by atoms with Crippen LogP contribution in [0.1, 0.15) is 6.42 Å². The standard InChI is InChI=1S/C5H12N2O2/c6-2-1-3(8)4(7)5(2)9/h2-5,8-9H,1,6-7H2/t2-,3-,4+,5+/m1/s1. The van der Waals surface area contributed by atoms with E-state index in [0.717, 1.165) is 0 Å². The Morgan fingerprint density at radius 2 is 1.78 bits per heavy atom. The molecule has 0 amide bonds. The molecule has 1 aliphatic carbocycles. The summed E-state index contributed by atoms with van der Waals surface area (Å²) >= 11 is 0. The first kappa shape index (κ1) is 6.95. The smallest absolute Gasteiger partial charge is 0.0867 e. The molecule has 9 heavy (non-hydrogen) atoms. The average Bonchev–Trinajstić information content (AvgIpc) is 1.98. The van der Waals surface area contributed by atoms with Gasteiger partial charge in [-0.3, -0.25) is 0 Å². The van der Waals surface area contributed by atoms with Crippen molar-refractivity contribution in [3.05, 3.63) is 0 Å². The topological polar surface area (TPSA) is 92.5 Å². The Labute approximate surface area is 53.5 Å². The molecule has 0 radical (unpaired) electrons. The summed E-state index contributed by atoms with van der Waals surface area (Å²) in [7, 11) is 0. The Morgan fingerprint density at radius 1 is 1.22 bits per heavy atom. The summed E-state index contributed by atoms with van der Waals surface area (Å²) in [4.78, 5) is 0. The zero-order chi connectivity index (χ0) is 7.02. The van der Waals surface area contributed by atoms with Crippen molar-refractivity contribution in [3.63, 3.8) is 0 Å². The van der Waals surface area contributed by atoms with Crippen LogP contribution in [-0.2, 0) is 0 Å². The summed E-state index contributed by atoms with van der Waals surface area (Å²) in [6.45, 7) is 0. The lowest BCUT2D eigenvalue weighted by molar-refractivity contribution is 0.107. The molecule has 54 valence electrons. The molecule has 4 heteroatoms. The summed E-state index contributed by atoms with van der Waals surface area (Å²) in [6, 6.07) is -0.907. The second-order valence-corrected chi connectivity index (χ2v) is 2.53. The van der Waals surface area contributed by atoms with Gasteiger partial charge < -0.3 is 21.7 Å². The van der Waals surface area contributed by atoms with Crippen molar-refractivity contribution < 1.29 is 10.2 Å². The molecule has 0 spiro atoms. The van der Waals surface area contributed by atoms with Gasteiger partial charge in [0.2, 0.25) is 0 Å². The Morgan fingerprint density at radius 3 is 1.89 bits per heavy atom. The van der Waals surface area contributed by atoms with Gasteiger partial charge in [0.05, 0.1) is 18.2 Å². The number of aliphatic hydroxyl groups excluding tert-OH is 2. The predicted molar refractivity (Wildman–Crippen MR) is 32.6 cm³/mol. The third-order valence-electron chi connectivity index (χ3n) is 1.79. The molecule has 4 nitrogen and oxygen atoms in total. The summed E-state index contributed by atoms with van der Waals surface area (Å²) < 4.78 is 0. The van der Waals surface area contributed by atoms with E-state index in [4.69, 9.17) is 21.7 Å². The van der Waals surface area contributed by atoms with Gasteiger partial charge in [-0.05, 0) is 6.42 Å². The lowest BCUT2D eigenvalue weighted by atomic mass is 10.2. The van der Waals surface area contributed by atoms with E-state index >= 15 is 0 Å². The van der Waals surface area contributed by atoms with Gasteiger partial charge in [0, 0.05) is 6.04 Å². The number of rotatable bonds is 0. The molecule has 0 saturated heterocycles. The lowest BCUT2D eigenvalue weighted by Crippen LogP contribution is -2.42. The monoisotopic (exact) mass is 132 g/mol. The Balaban J connectivity index is 2.54. The van der Waals surface area contributed by atoms with E-state index < -0.39 is 18.2 Å². The van der Waals surface area contributed by atoms with E-state index in [1.807, 2.05) is 0 Å². The SMILES string of the molecule is N[C@@H]1[C@@H](O)[C@H](N)C[C@H]1O. The van der Waals surface area contributed by atoms with Gasteiger partial charge in [-0.25, -0.2) is 0 Å². The predicted octanol–water partition coefficient (Wildman–Crippen LogP) is -2.23. The van der Waals surface area contributed by atoms with Gasteiger partial charge in [0.1, 0.15) is 0 Å². The highest BCUT2D eigenvalue weighted by Crippen LogP contribution is 2.16. The quantitative estimate of drug-likeness (QED) is 0.300. The minimum absolute atomic E-state index is 0.352. The average molecular weight is 132 g/mol. The van der Waals surface area contributed by atoms with Crippen LogP contribution in [0.2, 0.25) is 0 Å². The molecule has 1 saturated carbocycles. The van der Waals surface area contributed by atoms with Gasteiger partial charge in [-0.2, -0.15) is 0 Å². The second kappa shape index (κ2) is 2.22. The molecule has 1 rings (SSSR count). The zero-order valence-electron chi connectivity index (χ0n) is 5.07. The van der Waals surface area contributed by atoms with Crippen LogP contribution in [0.25, 0.3) is 0 Å². The third-order valence-corrected chi connectivity index (χ3v) is 1.79. The minimum Gasteiger partial charge on any atom is -0.391 e. The number of nitrogens with two attached hydrogens (primary N) is 2. The molecule has 6 N–H and O–H groups in total. The van der Waals surface area contributed by atoms with E-state index in [-0.39, 0.29) is 6.04 Å². The van der Waals surface area contributed by atoms with Gasteiger partial charge >= 0.3 is 0 Å². The van der Waals surface area contributed by atoms with Gasteiger partial charge in [-0.15, -0.1) is 0 Å². The van der Waals surface area contributed by atoms with Crippen LogP contribution in [-0.4, -0.2) is 34.5 Å². The van der Waals surface area contributed by atoms with Crippen molar-refractivity contribution >= 4 is 0 Å². The molecule has 0 aliphatic heterocycles.